The highest BCUT2D eigenvalue weighted by molar-refractivity contribution is 7.22. The summed E-state index contributed by atoms with van der Waals surface area (Å²) >= 11 is 1.78. The third kappa shape index (κ3) is 2.15. The van der Waals surface area contributed by atoms with Crippen molar-refractivity contribution in [3.8, 4) is 10.6 Å². The first-order valence-corrected chi connectivity index (χ1v) is 7.81. The second kappa shape index (κ2) is 5.04. The van der Waals surface area contributed by atoms with Gasteiger partial charge in [-0.3, -0.25) is 0 Å². The van der Waals surface area contributed by atoms with E-state index in [1.807, 2.05) is 6.20 Å². The van der Waals surface area contributed by atoms with E-state index in [9.17, 15) is 0 Å². The molecule has 0 aliphatic heterocycles. The maximum absolute atomic E-state index is 6.39. The Kier molecular flexibility index (Phi) is 3.36. The summed E-state index contributed by atoms with van der Waals surface area (Å²) in [7, 11) is 0. The SMILES string of the molecule is CCC(N)(CC)c1ncc(-c2cc3ccccc3s2)[nH]1. The Morgan fingerprint density at radius 3 is 2.70 bits per heavy atom. The number of fused-ring (bicyclic) bond motifs is 1. The molecule has 0 aliphatic rings. The van der Waals surface area contributed by atoms with Crippen LogP contribution in [-0.2, 0) is 5.54 Å². The summed E-state index contributed by atoms with van der Waals surface area (Å²) in [6.45, 7) is 4.20. The molecule has 20 heavy (non-hydrogen) atoms. The Morgan fingerprint density at radius 2 is 2.00 bits per heavy atom. The lowest BCUT2D eigenvalue weighted by molar-refractivity contribution is 0.391. The molecule has 3 rings (SSSR count). The Hall–Kier alpha value is -1.65. The zero-order valence-corrected chi connectivity index (χ0v) is 12.6. The molecule has 2 heterocycles. The van der Waals surface area contributed by atoms with Crippen LogP contribution in [0.3, 0.4) is 0 Å². The molecule has 4 heteroatoms. The van der Waals surface area contributed by atoms with Gasteiger partial charge in [-0.2, -0.15) is 0 Å². The van der Waals surface area contributed by atoms with Crippen LogP contribution >= 0.6 is 11.3 Å². The number of benzene rings is 1. The summed E-state index contributed by atoms with van der Waals surface area (Å²) < 4.78 is 1.30. The van der Waals surface area contributed by atoms with E-state index in [1.165, 1.54) is 15.0 Å². The van der Waals surface area contributed by atoms with Gasteiger partial charge in [-0.25, -0.2) is 4.98 Å². The molecule has 3 N–H and O–H groups in total. The third-order valence-electron chi connectivity index (χ3n) is 4.00. The highest BCUT2D eigenvalue weighted by Crippen LogP contribution is 2.33. The number of imidazole rings is 1. The number of H-pyrrole nitrogens is 1. The predicted octanol–water partition coefficient (Wildman–Crippen LogP) is 4.27. The molecule has 0 atom stereocenters. The lowest BCUT2D eigenvalue weighted by atomic mass is 9.93. The number of aromatic amines is 1. The van der Waals surface area contributed by atoms with Gasteiger partial charge in [0.15, 0.2) is 0 Å². The molecule has 0 radical (unpaired) electrons. The first-order chi connectivity index (χ1) is 9.66. The number of rotatable bonds is 4. The number of nitrogens with zero attached hydrogens (tertiary/aromatic N) is 1. The number of aromatic nitrogens is 2. The first kappa shape index (κ1) is 13.3. The van der Waals surface area contributed by atoms with Crippen molar-refractivity contribution in [1.29, 1.82) is 0 Å². The van der Waals surface area contributed by atoms with Gasteiger partial charge >= 0.3 is 0 Å². The van der Waals surface area contributed by atoms with Gasteiger partial charge in [-0.05, 0) is 30.4 Å². The van der Waals surface area contributed by atoms with Gasteiger partial charge in [0.2, 0.25) is 0 Å². The van der Waals surface area contributed by atoms with Crippen molar-refractivity contribution >= 4 is 21.4 Å². The average molecular weight is 285 g/mol. The van der Waals surface area contributed by atoms with Crippen molar-refractivity contribution < 1.29 is 0 Å². The topological polar surface area (TPSA) is 54.7 Å². The van der Waals surface area contributed by atoms with Crippen LogP contribution in [0.25, 0.3) is 20.7 Å². The fraction of sp³-hybridized carbons (Fsp3) is 0.312. The molecule has 0 unspecified atom stereocenters. The van der Waals surface area contributed by atoms with Crippen molar-refractivity contribution in [2.24, 2.45) is 5.73 Å². The van der Waals surface area contributed by atoms with Crippen molar-refractivity contribution in [1.82, 2.24) is 9.97 Å². The standard InChI is InChI=1S/C16H19N3S/c1-3-16(17,4-2)15-18-10-12(19-15)14-9-11-7-5-6-8-13(11)20-14/h5-10H,3-4,17H2,1-2H3,(H,18,19). The molecule has 3 nitrogen and oxygen atoms in total. The van der Waals surface area contributed by atoms with E-state index < -0.39 is 0 Å². The molecule has 1 aromatic carbocycles. The molecule has 0 aliphatic carbocycles. The van der Waals surface area contributed by atoms with Crippen LogP contribution in [0.2, 0.25) is 0 Å². The van der Waals surface area contributed by atoms with Crippen molar-refractivity contribution in [2.45, 2.75) is 32.2 Å². The fourth-order valence-corrected chi connectivity index (χ4v) is 3.43. The Morgan fingerprint density at radius 1 is 1.25 bits per heavy atom. The maximum Gasteiger partial charge on any atom is 0.126 e. The average Bonchev–Trinajstić information content (AvgIpc) is 3.12. The summed E-state index contributed by atoms with van der Waals surface area (Å²) in [5.74, 6) is 0.884. The molecule has 0 saturated heterocycles. The molecular formula is C16H19N3S. The lowest BCUT2D eigenvalue weighted by Gasteiger charge is -2.23. The Balaban J connectivity index is 2.01. The van der Waals surface area contributed by atoms with Gasteiger partial charge < -0.3 is 10.7 Å². The number of thiophene rings is 1. The zero-order chi connectivity index (χ0) is 14.2. The minimum Gasteiger partial charge on any atom is -0.340 e. The number of nitrogens with two attached hydrogens (primary N) is 1. The summed E-state index contributed by atoms with van der Waals surface area (Å²) in [5.41, 5.74) is 7.10. The van der Waals surface area contributed by atoms with Crippen LogP contribution in [0.4, 0.5) is 0 Å². The summed E-state index contributed by atoms with van der Waals surface area (Å²) in [5, 5.41) is 1.27. The second-order valence-electron chi connectivity index (χ2n) is 5.16. The molecule has 2 aromatic heterocycles. The molecule has 0 bridgehead atoms. The van der Waals surface area contributed by atoms with E-state index in [2.05, 4.69) is 54.1 Å². The Labute approximate surface area is 122 Å². The summed E-state index contributed by atoms with van der Waals surface area (Å²) in [6.07, 6.45) is 3.65. The minimum absolute atomic E-state index is 0.352. The highest BCUT2D eigenvalue weighted by Gasteiger charge is 2.26. The van der Waals surface area contributed by atoms with Crippen LogP contribution in [0.15, 0.2) is 36.5 Å². The maximum atomic E-state index is 6.39. The predicted molar refractivity (Wildman–Crippen MR) is 85.9 cm³/mol. The third-order valence-corrected chi connectivity index (χ3v) is 5.15. The van der Waals surface area contributed by atoms with Crippen LogP contribution < -0.4 is 5.73 Å². The summed E-state index contributed by atoms with van der Waals surface area (Å²) in [6, 6.07) is 10.6. The van der Waals surface area contributed by atoms with Crippen molar-refractivity contribution in [3.63, 3.8) is 0 Å². The smallest absolute Gasteiger partial charge is 0.126 e. The molecule has 0 spiro atoms. The van der Waals surface area contributed by atoms with Gasteiger partial charge in [-0.1, -0.05) is 32.0 Å². The monoisotopic (exact) mass is 285 g/mol. The van der Waals surface area contributed by atoms with Gasteiger partial charge in [0, 0.05) is 4.70 Å². The van der Waals surface area contributed by atoms with Crippen LogP contribution in [-0.4, -0.2) is 9.97 Å². The first-order valence-electron chi connectivity index (χ1n) is 6.99. The molecule has 0 fully saturated rings. The van der Waals surface area contributed by atoms with Gasteiger partial charge in [0.25, 0.3) is 0 Å². The molecule has 104 valence electrons. The van der Waals surface area contributed by atoms with Gasteiger partial charge in [0.1, 0.15) is 5.82 Å². The molecular weight excluding hydrogens is 266 g/mol. The van der Waals surface area contributed by atoms with E-state index in [4.69, 9.17) is 5.73 Å². The van der Waals surface area contributed by atoms with E-state index in [0.717, 1.165) is 24.4 Å². The Bertz CT molecular complexity index is 689. The van der Waals surface area contributed by atoms with E-state index in [-0.39, 0.29) is 5.54 Å². The quantitative estimate of drug-likeness (QED) is 0.752. The number of nitrogens with one attached hydrogen (secondary N) is 1. The van der Waals surface area contributed by atoms with E-state index in [1.54, 1.807) is 11.3 Å². The zero-order valence-electron chi connectivity index (χ0n) is 11.8. The van der Waals surface area contributed by atoms with Crippen molar-refractivity contribution in [3.05, 3.63) is 42.4 Å². The molecule has 0 saturated carbocycles. The molecule has 3 aromatic rings. The van der Waals surface area contributed by atoms with E-state index >= 15 is 0 Å². The normalized spacial score (nSPS) is 12.2. The highest BCUT2D eigenvalue weighted by atomic mass is 32.1. The largest absolute Gasteiger partial charge is 0.340 e. The minimum atomic E-state index is -0.352. The van der Waals surface area contributed by atoms with Crippen LogP contribution in [0.5, 0.6) is 0 Å². The van der Waals surface area contributed by atoms with E-state index in [0.29, 0.717) is 0 Å². The number of hydrogen-bond acceptors (Lipinski definition) is 3. The number of hydrogen-bond donors (Lipinski definition) is 2. The molecule has 0 amide bonds. The van der Waals surface area contributed by atoms with Gasteiger partial charge in [0.05, 0.1) is 22.3 Å². The van der Waals surface area contributed by atoms with Crippen LogP contribution in [0, 0.1) is 0 Å². The van der Waals surface area contributed by atoms with Gasteiger partial charge in [-0.15, -0.1) is 11.3 Å². The second-order valence-corrected chi connectivity index (χ2v) is 6.24. The van der Waals surface area contributed by atoms with Crippen LogP contribution in [0.1, 0.15) is 32.5 Å². The summed E-state index contributed by atoms with van der Waals surface area (Å²) in [4.78, 5) is 9.12. The van der Waals surface area contributed by atoms with Crippen molar-refractivity contribution in [2.75, 3.05) is 0 Å². The fourth-order valence-electron chi connectivity index (χ4n) is 2.40. The lowest BCUT2D eigenvalue weighted by Crippen LogP contribution is -2.36.